The predicted molar refractivity (Wildman–Crippen MR) is 137 cm³/mol. The van der Waals surface area contributed by atoms with Crippen LogP contribution in [-0.4, -0.2) is 80.2 Å². The van der Waals surface area contributed by atoms with Gasteiger partial charge in [-0.2, -0.15) is 0 Å². The van der Waals surface area contributed by atoms with Gasteiger partial charge in [-0.15, -0.1) is 0 Å². The van der Waals surface area contributed by atoms with Gasteiger partial charge >= 0.3 is 0 Å². The van der Waals surface area contributed by atoms with E-state index in [2.05, 4.69) is 49.9 Å². The minimum Gasteiger partial charge on any atom is -0.483 e. The van der Waals surface area contributed by atoms with Crippen molar-refractivity contribution in [1.29, 1.82) is 0 Å². The van der Waals surface area contributed by atoms with E-state index in [1.54, 1.807) is 7.11 Å². The highest BCUT2D eigenvalue weighted by Crippen LogP contribution is 2.47. The first-order valence-corrected chi connectivity index (χ1v) is 13.5. The number of hydrogen-bond acceptors (Lipinski definition) is 6. The maximum Gasteiger partial charge on any atom is 0.290 e. The molecule has 4 aliphatic rings. The van der Waals surface area contributed by atoms with Crippen LogP contribution in [0.4, 0.5) is 0 Å². The van der Waals surface area contributed by atoms with Crippen LogP contribution in [0.5, 0.6) is 0 Å². The molecule has 5 rings (SSSR count). The summed E-state index contributed by atoms with van der Waals surface area (Å²) in [5.74, 6) is 0.00909. The van der Waals surface area contributed by atoms with Crippen molar-refractivity contribution in [3.05, 3.63) is 46.7 Å². The number of Topliss-reactive ketones (excluding diaryl/α,β-unsaturated/α-hetero) is 1. The van der Waals surface area contributed by atoms with Crippen LogP contribution in [0.15, 0.2) is 35.6 Å². The number of ketones is 1. The van der Waals surface area contributed by atoms with Crippen LogP contribution in [0.1, 0.15) is 63.6 Å². The molecule has 7 heteroatoms. The molecule has 3 heterocycles. The molecule has 1 aromatic rings. The molecule has 0 bridgehead atoms. The zero-order chi connectivity index (χ0) is 25.4. The van der Waals surface area contributed by atoms with Crippen molar-refractivity contribution >= 4 is 11.7 Å². The summed E-state index contributed by atoms with van der Waals surface area (Å²) >= 11 is 0. The van der Waals surface area contributed by atoms with Gasteiger partial charge in [0.25, 0.3) is 5.91 Å². The maximum atomic E-state index is 13.9. The first-order valence-electron chi connectivity index (χ1n) is 13.5. The standard InChI is InChI=1S/C29H40N2O5/c1-29(2,3)20-8-6-19(7-9-20)25-24-26(32)22-11-10-21(34-4)18-23(22)36-27(24)28(33)31(25)13-5-12-30-14-16-35-17-15-30/h6-9,21-23,25H,5,10-18H2,1-4H3. The summed E-state index contributed by atoms with van der Waals surface area (Å²) in [6.45, 7) is 11.4. The topological polar surface area (TPSA) is 68.3 Å². The Morgan fingerprint density at radius 2 is 1.75 bits per heavy atom. The summed E-state index contributed by atoms with van der Waals surface area (Å²) in [5.41, 5.74) is 2.80. The molecule has 36 heavy (non-hydrogen) atoms. The molecule has 1 amide bonds. The van der Waals surface area contributed by atoms with Gasteiger partial charge in [0, 0.05) is 39.7 Å². The Morgan fingerprint density at radius 3 is 2.42 bits per heavy atom. The van der Waals surface area contributed by atoms with Crippen molar-refractivity contribution < 1.29 is 23.8 Å². The minimum atomic E-state index is -0.389. The highest BCUT2D eigenvalue weighted by Gasteiger charge is 2.52. The van der Waals surface area contributed by atoms with E-state index in [0.29, 0.717) is 18.5 Å². The van der Waals surface area contributed by atoms with Crippen molar-refractivity contribution in [1.82, 2.24) is 9.80 Å². The Labute approximate surface area is 214 Å². The molecular weight excluding hydrogens is 456 g/mol. The third kappa shape index (κ3) is 4.85. The zero-order valence-electron chi connectivity index (χ0n) is 22.1. The van der Waals surface area contributed by atoms with Gasteiger partial charge in [-0.1, -0.05) is 45.0 Å². The van der Waals surface area contributed by atoms with E-state index in [1.165, 1.54) is 5.56 Å². The summed E-state index contributed by atoms with van der Waals surface area (Å²) in [6.07, 6.45) is 2.87. The number of hydrogen-bond donors (Lipinski definition) is 0. The Morgan fingerprint density at radius 1 is 1.03 bits per heavy atom. The number of carbonyl (C=O) groups excluding carboxylic acids is 2. The molecule has 1 saturated carbocycles. The fraction of sp³-hybridized carbons (Fsp3) is 0.655. The van der Waals surface area contributed by atoms with Gasteiger partial charge in [0.15, 0.2) is 11.5 Å². The second kappa shape index (κ2) is 10.3. The van der Waals surface area contributed by atoms with E-state index in [4.69, 9.17) is 14.2 Å². The molecular formula is C29H40N2O5. The molecule has 196 valence electrons. The quantitative estimate of drug-likeness (QED) is 0.599. The molecule has 0 spiro atoms. The van der Waals surface area contributed by atoms with Gasteiger partial charge in [0.2, 0.25) is 0 Å². The van der Waals surface area contributed by atoms with Gasteiger partial charge in [0.1, 0.15) is 6.10 Å². The molecule has 4 atom stereocenters. The average Bonchev–Trinajstić information content (AvgIpc) is 3.15. The smallest absolute Gasteiger partial charge is 0.290 e. The fourth-order valence-corrected chi connectivity index (χ4v) is 6.12. The summed E-state index contributed by atoms with van der Waals surface area (Å²) in [4.78, 5) is 31.9. The van der Waals surface area contributed by atoms with Crippen LogP contribution in [0.3, 0.4) is 0 Å². The molecule has 4 unspecified atom stereocenters. The lowest BCUT2D eigenvalue weighted by Gasteiger charge is -2.38. The summed E-state index contributed by atoms with van der Waals surface area (Å²) in [5, 5.41) is 0. The fourth-order valence-electron chi connectivity index (χ4n) is 6.12. The molecule has 1 aliphatic carbocycles. The molecule has 2 fully saturated rings. The lowest BCUT2D eigenvalue weighted by molar-refractivity contribution is -0.138. The Hall–Kier alpha value is -2.22. The zero-order valence-corrected chi connectivity index (χ0v) is 22.1. The van der Waals surface area contributed by atoms with Crippen molar-refractivity contribution in [3.8, 4) is 0 Å². The van der Waals surface area contributed by atoms with E-state index < -0.39 is 0 Å². The number of amides is 1. The highest BCUT2D eigenvalue weighted by atomic mass is 16.5. The third-order valence-corrected chi connectivity index (χ3v) is 8.30. The molecule has 1 saturated heterocycles. The van der Waals surface area contributed by atoms with Crippen LogP contribution < -0.4 is 0 Å². The molecule has 7 nitrogen and oxygen atoms in total. The van der Waals surface area contributed by atoms with Crippen LogP contribution in [0.25, 0.3) is 0 Å². The number of carbonyl (C=O) groups is 2. The number of morpholine rings is 1. The molecule has 0 radical (unpaired) electrons. The Balaban J connectivity index is 1.43. The summed E-state index contributed by atoms with van der Waals surface area (Å²) in [6, 6.07) is 8.05. The highest BCUT2D eigenvalue weighted by molar-refractivity contribution is 6.11. The summed E-state index contributed by atoms with van der Waals surface area (Å²) < 4.78 is 17.4. The van der Waals surface area contributed by atoms with Crippen molar-refractivity contribution in [2.45, 2.75) is 70.1 Å². The van der Waals surface area contributed by atoms with E-state index in [1.807, 2.05) is 4.90 Å². The minimum absolute atomic E-state index is 0.0310. The monoisotopic (exact) mass is 496 g/mol. The van der Waals surface area contributed by atoms with E-state index >= 15 is 0 Å². The normalized spacial score (nSPS) is 29.3. The van der Waals surface area contributed by atoms with Gasteiger partial charge < -0.3 is 19.1 Å². The van der Waals surface area contributed by atoms with Crippen LogP contribution in [0.2, 0.25) is 0 Å². The van der Waals surface area contributed by atoms with Gasteiger partial charge in [-0.05, 0) is 35.8 Å². The van der Waals surface area contributed by atoms with Crippen molar-refractivity contribution in [2.24, 2.45) is 5.92 Å². The lowest BCUT2D eigenvalue weighted by atomic mass is 9.76. The van der Waals surface area contributed by atoms with Gasteiger partial charge in [0.05, 0.1) is 36.9 Å². The van der Waals surface area contributed by atoms with Crippen LogP contribution in [-0.2, 0) is 29.2 Å². The summed E-state index contributed by atoms with van der Waals surface area (Å²) in [7, 11) is 1.70. The third-order valence-electron chi connectivity index (χ3n) is 8.30. The number of fused-ring (bicyclic) bond motifs is 1. The number of nitrogens with zero attached hydrogens (tertiary/aromatic N) is 2. The number of methoxy groups -OCH3 is 1. The Bertz CT molecular complexity index is 1010. The van der Waals surface area contributed by atoms with Gasteiger partial charge in [-0.25, -0.2) is 0 Å². The molecule has 0 N–H and O–H groups in total. The molecule has 1 aromatic carbocycles. The lowest BCUT2D eigenvalue weighted by Crippen LogP contribution is -2.43. The van der Waals surface area contributed by atoms with Crippen molar-refractivity contribution in [3.63, 3.8) is 0 Å². The maximum absolute atomic E-state index is 13.9. The van der Waals surface area contributed by atoms with E-state index in [-0.39, 0.29) is 47.0 Å². The predicted octanol–water partition coefficient (Wildman–Crippen LogP) is 3.63. The number of ether oxygens (including phenoxy) is 3. The molecule has 3 aliphatic heterocycles. The second-order valence-electron chi connectivity index (χ2n) is 11.6. The first-order chi connectivity index (χ1) is 17.3. The van der Waals surface area contributed by atoms with E-state index in [0.717, 1.165) is 57.7 Å². The largest absolute Gasteiger partial charge is 0.483 e. The van der Waals surface area contributed by atoms with E-state index in [9.17, 15) is 9.59 Å². The number of rotatable bonds is 6. The average molecular weight is 497 g/mol. The number of benzene rings is 1. The molecule has 0 aromatic heterocycles. The SMILES string of the molecule is COC1CCC2C(=O)C3=C(OC2C1)C(=O)N(CCCN1CCOCC1)C3c1ccc(C(C)(C)C)cc1. The van der Waals surface area contributed by atoms with Crippen LogP contribution in [0, 0.1) is 5.92 Å². The van der Waals surface area contributed by atoms with Crippen molar-refractivity contribution in [2.75, 3.05) is 46.5 Å². The van der Waals surface area contributed by atoms with Crippen LogP contribution >= 0.6 is 0 Å². The second-order valence-corrected chi connectivity index (χ2v) is 11.6. The van der Waals surface area contributed by atoms with Gasteiger partial charge in [-0.3, -0.25) is 14.5 Å². The Kier molecular flexibility index (Phi) is 7.25. The first kappa shape index (κ1) is 25.4.